The molecule has 0 aliphatic carbocycles. The van der Waals surface area contributed by atoms with E-state index in [1.165, 1.54) is 6.26 Å². The van der Waals surface area contributed by atoms with Crippen molar-refractivity contribution in [1.82, 2.24) is 0 Å². The number of hydrogen-bond acceptors (Lipinski definition) is 4. The third-order valence-electron chi connectivity index (χ3n) is 2.73. The van der Waals surface area contributed by atoms with Crippen molar-refractivity contribution in [3.8, 4) is 11.1 Å². The summed E-state index contributed by atoms with van der Waals surface area (Å²) in [6, 6.07) is 12.0. The van der Waals surface area contributed by atoms with Crippen molar-refractivity contribution in [2.75, 3.05) is 17.7 Å². The number of anilines is 2. The number of sulfone groups is 1. The van der Waals surface area contributed by atoms with Crippen LogP contribution in [0.25, 0.3) is 11.1 Å². The fraction of sp³-hybridized carbons (Fsp3) is 0.0769. The van der Waals surface area contributed by atoms with Crippen LogP contribution in [0.4, 0.5) is 11.4 Å². The molecule has 5 heteroatoms. The smallest absolute Gasteiger partial charge is 0.175 e. The second-order valence-corrected chi connectivity index (χ2v) is 6.12. The molecule has 0 aromatic heterocycles. The maximum absolute atomic E-state index is 11.4. The highest BCUT2D eigenvalue weighted by Crippen LogP contribution is 2.30. The van der Waals surface area contributed by atoms with Gasteiger partial charge in [-0.15, -0.1) is 0 Å². The predicted molar refractivity (Wildman–Crippen MR) is 73.8 cm³/mol. The average molecular weight is 262 g/mol. The number of para-hydroxylation sites is 1. The van der Waals surface area contributed by atoms with Crippen LogP contribution in [-0.4, -0.2) is 14.7 Å². The van der Waals surface area contributed by atoms with E-state index in [4.69, 9.17) is 11.5 Å². The van der Waals surface area contributed by atoms with Crippen molar-refractivity contribution >= 4 is 21.2 Å². The van der Waals surface area contributed by atoms with E-state index in [1.54, 1.807) is 30.3 Å². The highest BCUT2D eigenvalue weighted by Gasteiger charge is 2.08. The SMILES string of the molecule is CS(=O)(=O)c1ccc(-c2cccc(N)c2N)cc1. The van der Waals surface area contributed by atoms with Crippen LogP contribution in [0, 0.1) is 0 Å². The average Bonchev–Trinajstić information content (AvgIpc) is 2.32. The number of nitrogen functional groups attached to an aromatic ring is 2. The quantitative estimate of drug-likeness (QED) is 0.809. The summed E-state index contributed by atoms with van der Waals surface area (Å²) in [6.45, 7) is 0. The molecule has 94 valence electrons. The Hall–Kier alpha value is -2.01. The first kappa shape index (κ1) is 12.4. The van der Waals surface area contributed by atoms with Gasteiger partial charge >= 0.3 is 0 Å². The van der Waals surface area contributed by atoms with E-state index in [1.807, 2.05) is 12.1 Å². The fourth-order valence-corrected chi connectivity index (χ4v) is 2.35. The van der Waals surface area contributed by atoms with Gasteiger partial charge in [0.1, 0.15) is 0 Å². The Labute approximate surface area is 106 Å². The Bertz CT molecular complexity index is 677. The molecule has 0 aliphatic rings. The molecule has 18 heavy (non-hydrogen) atoms. The summed E-state index contributed by atoms with van der Waals surface area (Å²) in [5.41, 5.74) is 14.3. The summed E-state index contributed by atoms with van der Waals surface area (Å²) in [5.74, 6) is 0. The van der Waals surface area contributed by atoms with Crippen LogP contribution < -0.4 is 11.5 Å². The zero-order valence-corrected chi connectivity index (χ0v) is 10.7. The zero-order valence-electron chi connectivity index (χ0n) is 9.92. The van der Waals surface area contributed by atoms with E-state index in [-0.39, 0.29) is 4.90 Å². The van der Waals surface area contributed by atoms with Crippen LogP contribution in [0.1, 0.15) is 0 Å². The molecule has 2 aromatic carbocycles. The molecule has 0 atom stereocenters. The van der Waals surface area contributed by atoms with Gasteiger partial charge in [0.15, 0.2) is 9.84 Å². The van der Waals surface area contributed by atoms with Crippen LogP contribution in [0.3, 0.4) is 0 Å². The third-order valence-corrected chi connectivity index (χ3v) is 3.86. The number of benzene rings is 2. The summed E-state index contributed by atoms with van der Waals surface area (Å²) >= 11 is 0. The van der Waals surface area contributed by atoms with Crippen molar-refractivity contribution in [2.45, 2.75) is 4.90 Å². The number of nitrogens with two attached hydrogens (primary N) is 2. The molecule has 0 radical (unpaired) electrons. The van der Waals surface area contributed by atoms with Gasteiger partial charge in [-0.05, 0) is 23.8 Å². The Morgan fingerprint density at radius 3 is 2.11 bits per heavy atom. The second kappa shape index (κ2) is 4.34. The Balaban J connectivity index is 2.50. The first-order chi connectivity index (χ1) is 8.39. The molecule has 2 rings (SSSR count). The molecule has 0 saturated heterocycles. The number of hydrogen-bond donors (Lipinski definition) is 2. The standard InChI is InChI=1S/C13H14N2O2S/c1-18(16,17)10-7-5-9(6-8-10)11-3-2-4-12(14)13(11)15/h2-8H,14-15H2,1H3. The third kappa shape index (κ3) is 2.31. The van der Waals surface area contributed by atoms with E-state index < -0.39 is 9.84 Å². The molecular formula is C13H14N2O2S. The molecule has 0 aliphatic heterocycles. The van der Waals surface area contributed by atoms with E-state index in [0.717, 1.165) is 11.1 Å². The highest BCUT2D eigenvalue weighted by atomic mass is 32.2. The molecule has 0 bridgehead atoms. The van der Waals surface area contributed by atoms with Crippen LogP contribution >= 0.6 is 0 Å². The molecular weight excluding hydrogens is 248 g/mol. The molecule has 0 amide bonds. The van der Waals surface area contributed by atoms with Crippen molar-refractivity contribution in [2.24, 2.45) is 0 Å². The van der Waals surface area contributed by atoms with E-state index in [2.05, 4.69) is 0 Å². The van der Waals surface area contributed by atoms with Crippen molar-refractivity contribution in [3.05, 3.63) is 42.5 Å². The lowest BCUT2D eigenvalue weighted by molar-refractivity contribution is 0.602. The molecule has 0 heterocycles. The molecule has 0 saturated carbocycles. The molecule has 0 unspecified atom stereocenters. The van der Waals surface area contributed by atoms with Crippen LogP contribution in [0.2, 0.25) is 0 Å². The van der Waals surface area contributed by atoms with Crippen LogP contribution in [0.15, 0.2) is 47.4 Å². The van der Waals surface area contributed by atoms with Gasteiger partial charge in [0.25, 0.3) is 0 Å². The van der Waals surface area contributed by atoms with E-state index in [9.17, 15) is 8.42 Å². The van der Waals surface area contributed by atoms with Gasteiger partial charge in [0.2, 0.25) is 0 Å². The van der Waals surface area contributed by atoms with Gasteiger partial charge in [-0.2, -0.15) is 0 Å². The summed E-state index contributed by atoms with van der Waals surface area (Å²) in [6.07, 6.45) is 1.18. The Morgan fingerprint density at radius 1 is 0.944 bits per heavy atom. The first-order valence-electron chi connectivity index (χ1n) is 5.34. The van der Waals surface area contributed by atoms with Gasteiger partial charge < -0.3 is 11.5 Å². The zero-order chi connectivity index (χ0) is 13.3. The van der Waals surface area contributed by atoms with Gasteiger partial charge in [-0.25, -0.2) is 8.42 Å². The van der Waals surface area contributed by atoms with Gasteiger partial charge in [0, 0.05) is 11.8 Å². The minimum Gasteiger partial charge on any atom is -0.397 e. The summed E-state index contributed by atoms with van der Waals surface area (Å²) in [5, 5.41) is 0. The monoisotopic (exact) mass is 262 g/mol. The van der Waals surface area contributed by atoms with Gasteiger partial charge in [0.05, 0.1) is 16.3 Å². The Kier molecular flexibility index (Phi) is 3.00. The van der Waals surface area contributed by atoms with Gasteiger partial charge in [-0.3, -0.25) is 0 Å². The molecule has 0 fully saturated rings. The minimum absolute atomic E-state index is 0.286. The van der Waals surface area contributed by atoms with Crippen LogP contribution in [-0.2, 0) is 9.84 Å². The van der Waals surface area contributed by atoms with Crippen molar-refractivity contribution < 1.29 is 8.42 Å². The predicted octanol–water partition coefficient (Wildman–Crippen LogP) is 1.92. The normalized spacial score (nSPS) is 11.4. The lowest BCUT2D eigenvalue weighted by Crippen LogP contribution is -1.98. The topological polar surface area (TPSA) is 86.2 Å². The molecule has 4 N–H and O–H groups in total. The largest absolute Gasteiger partial charge is 0.397 e. The molecule has 2 aromatic rings. The molecule has 4 nitrogen and oxygen atoms in total. The van der Waals surface area contributed by atoms with Crippen molar-refractivity contribution in [1.29, 1.82) is 0 Å². The minimum atomic E-state index is -3.18. The summed E-state index contributed by atoms with van der Waals surface area (Å²) in [4.78, 5) is 0.286. The second-order valence-electron chi connectivity index (χ2n) is 4.11. The lowest BCUT2D eigenvalue weighted by Gasteiger charge is -2.08. The summed E-state index contributed by atoms with van der Waals surface area (Å²) in [7, 11) is -3.18. The summed E-state index contributed by atoms with van der Waals surface area (Å²) < 4.78 is 22.7. The first-order valence-corrected chi connectivity index (χ1v) is 7.23. The van der Waals surface area contributed by atoms with Gasteiger partial charge in [-0.1, -0.05) is 24.3 Å². The van der Waals surface area contributed by atoms with Crippen molar-refractivity contribution in [3.63, 3.8) is 0 Å². The fourth-order valence-electron chi connectivity index (χ4n) is 1.72. The maximum atomic E-state index is 11.4. The van der Waals surface area contributed by atoms with Crippen LogP contribution in [0.5, 0.6) is 0 Å². The maximum Gasteiger partial charge on any atom is 0.175 e. The molecule has 0 spiro atoms. The van der Waals surface area contributed by atoms with E-state index >= 15 is 0 Å². The Morgan fingerprint density at radius 2 is 1.56 bits per heavy atom. The lowest BCUT2D eigenvalue weighted by atomic mass is 10.0. The number of rotatable bonds is 2. The highest BCUT2D eigenvalue weighted by molar-refractivity contribution is 7.90. The van der Waals surface area contributed by atoms with E-state index in [0.29, 0.717) is 11.4 Å².